The van der Waals surface area contributed by atoms with Crippen molar-refractivity contribution in [3.8, 4) is 0 Å². The standard InChI is InChI=1S/C54H92O24/c1-22(23-15-16-52(6)30-12-10-24-25(54(30,8)31(58)17-53(23,52)7)11-14-32(50(24,2)3)76-47-43(68)39(64)35(60)27(19-56)73-47)9-13-33(51(4,5)70)77-49-45(78-48-44(69)40(65)36(61)28(20-57)74-48)41(66)37(62)29(75-49)21-71-46-42(67)38(63)34(59)26(18-55)72-46/h10,22-23,25-49,55-70H,9,11-21H2,1-8H3/t22-,23?,25-,26-,27-,28-,29-,30-,31-,32+,33-,34-,35-,36-,37-,38+,39+,40+,41+,42-,43-,44-,45-,46-,47+,48+,49+,52+,53-,54+/m1/s1. The number of aliphatic hydroxyl groups excluding tert-OH is 15. The van der Waals surface area contributed by atoms with Crippen LogP contribution in [0.4, 0.5) is 0 Å². The molecule has 7 fully saturated rings. The molecule has 30 atom stereocenters. The van der Waals surface area contributed by atoms with E-state index in [1.807, 2.05) is 0 Å². The van der Waals surface area contributed by atoms with E-state index in [4.69, 9.17) is 37.9 Å². The van der Waals surface area contributed by atoms with Gasteiger partial charge in [-0.15, -0.1) is 0 Å². The maximum absolute atomic E-state index is 12.7. The Morgan fingerprint density at radius 2 is 1.09 bits per heavy atom. The Bertz CT molecular complexity index is 2020. The van der Waals surface area contributed by atoms with Crippen LogP contribution < -0.4 is 0 Å². The molecule has 0 radical (unpaired) electrons. The van der Waals surface area contributed by atoms with Crippen LogP contribution in [0.2, 0.25) is 0 Å². The second-order valence-electron chi connectivity index (χ2n) is 25.9. The van der Waals surface area contributed by atoms with Crippen molar-refractivity contribution >= 4 is 0 Å². The molecule has 3 saturated carbocycles. The van der Waals surface area contributed by atoms with Crippen molar-refractivity contribution in [3.63, 3.8) is 0 Å². The molecule has 1 unspecified atom stereocenters. The second-order valence-corrected chi connectivity index (χ2v) is 25.9. The molecule has 8 aliphatic rings. The molecule has 0 aromatic carbocycles. The van der Waals surface area contributed by atoms with Crippen LogP contribution in [0.25, 0.3) is 0 Å². The van der Waals surface area contributed by atoms with Gasteiger partial charge < -0.3 is 120 Å². The van der Waals surface area contributed by atoms with Crippen molar-refractivity contribution in [1.82, 2.24) is 0 Å². The van der Waals surface area contributed by atoms with Crippen LogP contribution in [0, 0.1) is 45.3 Å². The maximum Gasteiger partial charge on any atom is 0.187 e. The maximum atomic E-state index is 12.7. The molecule has 452 valence electrons. The first-order valence-electron chi connectivity index (χ1n) is 28.0. The Morgan fingerprint density at radius 1 is 0.590 bits per heavy atom. The summed E-state index contributed by atoms with van der Waals surface area (Å²) in [7, 11) is 0. The molecule has 24 nitrogen and oxygen atoms in total. The fourth-order valence-corrected chi connectivity index (χ4v) is 15.6. The highest BCUT2D eigenvalue weighted by Gasteiger charge is 2.70. The van der Waals surface area contributed by atoms with Crippen molar-refractivity contribution in [3.05, 3.63) is 11.6 Å². The third-order valence-electron chi connectivity index (χ3n) is 20.8. The predicted molar refractivity (Wildman–Crippen MR) is 268 cm³/mol. The Kier molecular flexibility index (Phi) is 19.1. The second kappa shape index (κ2) is 23.7. The zero-order valence-corrected chi connectivity index (χ0v) is 46.1. The van der Waals surface area contributed by atoms with Gasteiger partial charge in [-0.3, -0.25) is 0 Å². The van der Waals surface area contributed by atoms with Crippen molar-refractivity contribution < 1.29 is 120 Å². The molecular formula is C54H92O24. The Morgan fingerprint density at radius 3 is 1.63 bits per heavy atom. The molecule has 4 aliphatic carbocycles. The van der Waals surface area contributed by atoms with Crippen molar-refractivity contribution in [2.24, 2.45) is 45.3 Å². The van der Waals surface area contributed by atoms with E-state index < -0.39 is 184 Å². The average Bonchev–Trinajstić information content (AvgIpc) is 3.21. The molecule has 0 bridgehead atoms. The molecule has 16 N–H and O–H groups in total. The van der Waals surface area contributed by atoms with Gasteiger partial charge in [-0.25, -0.2) is 0 Å². The highest BCUT2D eigenvalue weighted by Crippen LogP contribution is 2.75. The van der Waals surface area contributed by atoms with Gasteiger partial charge in [-0.05, 0) is 99.7 Å². The zero-order valence-electron chi connectivity index (χ0n) is 46.1. The molecule has 4 aliphatic heterocycles. The Hall–Kier alpha value is -1.22. The molecule has 0 aromatic rings. The minimum atomic E-state index is -1.93. The molecule has 0 aromatic heterocycles. The third kappa shape index (κ3) is 11.0. The van der Waals surface area contributed by atoms with Crippen LogP contribution in [0.15, 0.2) is 11.6 Å². The molecule has 4 heterocycles. The summed E-state index contributed by atoms with van der Waals surface area (Å²) in [6.07, 6.45) is -27.6. The van der Waals surface area contributed by atoms with Gasteiger partial charge in [0.2, 0.25) is 0 Å². The lowest BCUT2D eigenvalue weighted by molar-refractivity contribution is -0.380. The van der Waals surface area contributed by atoms with E-state index in [-0.39, 0.29) is 40.9 Å². The number of hydrogen-bond acceptors (Lipinski definition) is 24. The summed E-state index contributed by atoms with van der Waals surface area (Å²) < 4.78 is 47.7. The molecule has 0 amide bonds. The normalized spacial score (nSPS) is 51.4. The lowest BCUT2D eigenvalue weighted by atomic mass is 9.38. The average molecular weight is 1130 g/mol. The first-order chi connectivity index (χ1) is 36.4. The van der Waals surface area contributed by atoms with Crippen molar-refractivity contribution in [2.75, 3.05) is 26.4 Å². The highest BCUT2D eigenvalue weighted by molar-refractivity contribution is 5.32. The number of hydrogen-bond donors (Lipinski definition) is 16. The number of ether oxygens (including phenoxy) is 8. The number of allylic oxidation sites excluding steroid dienone is 1. The Balaban J connectivity index is 0.987. The monoisotopic (exact) mass is 1120 g/mol. The highest BCUT2D eigenvalue weighted by atomic mass is 16.8. The van der Waals surface area contributed by atoms with E-state index in [0.717, 1.165) is 18.4 Å². The fourth-order valence-electron chi connectivity index (χ4n) is 15.6. The lowest BCUT2D eigenvalue weighted by Gasteiger charge is -2.67. The summed E-state index contributed by atoms with van der Waals surface area (Å²) in [5, 5.41) is 172. The van der Waals surface area contributed by atoms with Gasteiger partial charge in [0.1, 0.15) is 97.7 Å². The quantitative estimate of drug-likeness (QED) is 0.0637. The molecule has 8 rings (SSSR count). The van der Waals surface area contributed by atoms with Gasteiger partial charge in [0.05, 0.1) is 50.3 Å². The lowest BCUT2D eigenvalue weighted by Crippen LogP contribution is -2.65. The van der Waals surface area contributed by atoms with Gasteiger partial charge in [0.25, 0.3) is 0 Å². The summed E-state index contributed by atoms with van der Waals surface area (Å²) in [6.45, 7) is 13.5. The molecule has 0 spiro atoms. The van der Waals surface area contributed by atoms with Gasteiger partial charge in [-0.2, -0.15) is 0 Å². The van der Waals surface area contributed by atoms with Crippen LogP contribution in [-0.4, -0.2) is 255 Å². The minimum absolute atomic E-state index is 0.00555. The smallest absolute Gasteiger partial charge is 0.187 e. The van der Waals surface area contributed by atoms with E-state index in [1.54, 1.807) is 0 Å². The van der Waals surface area contributed by atoms with E-state index in [2.05, 4.69) is 47.6 Å². The van der Waals surface area contributed by atoms with Gasteiger partial charge in [0.15, 0.2) is 25.2 Å². The Labute approximate surface area is 455 Å². The van der Waals surface area contributed by atoms with E-state index in [9.17, 15) is 81.7 Å². The molecule has 78 heavy (non-hydrogen) atoms. The van der Waals surface area contributed by atoms with Crippen LogP contribution in [0.3, 0.4) is 0 Å². The largest absolute Gasteiger partial charge is 0.394 e. The summed E-state index contributed by atoms with van der Waals surface area (Å²) in [4.78, 5) is 0. The van der Waals surface area contributed by atoms with Gasteiger partial charge in [0, 0.05) is 10.8 Å². The van der Waals surface area contributed by atoms with Gasteiger partial charge in [-0.1, -0.05) is 53.2 Å². The van der Waals surface area contributed by atoms with E-state index in [0.29, 0.717) is 32.1 Å². The van der Waals surface area contributed by atoms with Crippen LogP contribution >= 0.6 is 0 Å². The number of rotatable bonds is 17. The summed E-state index contributed by atoms with van der Waals surface area (Å²) in [5.41, 5.74) is -2.07. The molecule has 4 saturated heterocycles. The topological polar surface area (TPSA) is 398 Å². The number of fused-ring (bicyclic) bond motifs is 5. The van der Waals surface area contributed by atoms with Crippen molar-refractivity contribution in [2.45, 2.75) is 253 Å². The molecule has 24 heteroatoms. The summed E-state index contributed by atoms with van der Waals surface area (Å²) >= 11 is 0. The first kappa shape index (κ1) is 62.8. The molecular weight excluding hydrogens is 1030 g/mol. The van der Waals surface area contributed by atoms with Crippen LogP contribution in [0.5, 0.6) is 0 Å². The van der Waals surface area contributed by atoms with E-state index >= 15 is 0 Å². The van der Waals surface area contributed by atoms with Crippen LogP contribution in [-0.2, 0) is 37.9 Å². The van der Waals surface area contributed by atoms with Gasteiger partial charge >= 0.3 is 0 Å². The number of aliphatic hydroxyl groups is 16. The predicted octanol–water partition coefficient (Wildman–Crippen LogP) is -3.23. The fraction of sp³-hybridized carbons (Fsp3) is 0.963. The van der Waals surface area contributed by atoms with Crippen molar-refractivity contribution in [1.29, 1.82) is 0 Å². The SMILES string of the molecule is C[C@H](CC[C@@H](O[C@@H]1O[C@H](CO[C@@H]2O[C@H](CO)[C@@H](O)[C@H](O)[C@H]2O)[C@@H](O)[C@H](O)[C@H]1O[C@@H]1O[C@H](CO)[C@@H](O)[C@H](O)[C@H]1O)C(C)(C)O)C1CC[C@@]2(C)[C@H]3CC=C4[C@@H](CC[C@H](O[C@@H]5O[C@H](CO)[C@@H](O)[C@H](O)[C@H]5O)C4(C)C)[C@]3(C)[C@H](O)C[C@]12C. The first-order valence-corrected chi connectivity index (χ1v) is 28.0. The zero-order chi connectivity index (χ0) is 57.5. The minimum Gasteiger partial charge on any atom is -0.394 e. The summed E-state index contributed by atoms with van der Waals surface area (Å²) in [5.74, 6) is 0.223. The van der Waals surface area contributed by atoms with E-state index in [1.165, 1.54) is 13.8 Å². The van der Waals surface area contributed by atoms with Crippen LogP contribution in [0.1, 0.15) is 107 Å². The third-order valence-corrected chi connectivity index (χ3v) is 20.8. The summed E-state index contributed by atoms with van der Waals surface area (Å²) in [6, 6.07) is 0.